The van der Waals surface area contributed by atoms with E-state index in [1.165, 1.54) is 0 Å². The Morgan fingerprint density at radius 2 is 2.00 bits per heavy atom. The summed E-state index contributed by atoms with van der Waals surface area (Å²) in [5, 5.41) is 8.86. The molecule has 2 atom stereocenters. The molecule has 1 fully saturated rings. The molecule has 0 radical (unpaired) electrons. The van der Waals surface area contributed by atoms with Crippen molar-refractivity contribution in [2.45, 2.75) is 58.6 Å². The molecule has 0 saturated carbocycles. The minimum atomic E-state index is -0.808. The van der Waals surface area contributed by atoms with Crippen molar-refractivity contribution in [3.05, 3.63) is 0 Å². The van der Waals surface area contributed by atoms with Crippen LogP contribution in [0.15, 0.2) is 0 Å². The van der Waals surface area contributed by atoms with Crippen LogP contribution in [0.2, 0.25) is 0 Å². The van der Waals surface area contributed by atoms with Gasteiger partial charge in [-0.15, -0.1) is 0 Å². The fourth-order valence-corrected chi connectivity index (χ4v) is 2.30. The number of carboxylic acids is 1. The van der Waals surface area contributed by atoms with Gasteiger partial charge in [-0.1, -0.05) is 0 Å². The summed E-state index contributed by atoms with van der Waals surface area (Å²) in [4.78, 5) is 24.5. The highest BCUT2D eigenvalue weighted by Crippen LogP contribution is 2.27. The first kappa shape index (κ1) is 14.8. The average Bonchev–Trinajstić information content (AvgIpc) is 2.17. The molecule has 1 N–H and O–H groups in total. The third-order valence-corrected chi connectivity index (χ3v) is 3.21. The van der Waals surface area contributed by atoms with Gasteiger partial charge in [-0.05, 0) is 46.5 Å². The molecule has 0 aromatic rings. The molecule has 1 heterocycles. The van der Waals surface area contributed by atoms with Gasteiger partial charge in [0.25, 0.3) is 0 Å². The molecule has 1 aliphatic rings. The maximum absolute atomic E-state index is 12.0. The van der Waals surface area contributed by atoms with E-state index in [1.807, 2.05) is 27.7 Å². The smallest absolute Gasteiger partial charge is 0.410 e. The second-order valence-corrected chi connectivity index (χ2v) is 5.91. The number of likely N-dealkylation sites (tertiary alicyclic amines) is 1. The van der Waals surface area contributed by atoms with Crippen LogP contribution in [-0.4, -0.2) is 40.3 Å². The standard InChI is InChI=1S/C13H23NO4/c1-9-10(8-11(15)16)6-5-7-14(9)12(17)18-13(2,3)4/h9-10H,5-8H2,1-4H3,(H,15,16)/t9-,10+/m1/s1. The summed E-state index contributed by atoms with van der Waals surface area (Å²) in [5.41, 5.74) is -0.517. The number of piperidine rings is 1. The van der Waals surface area contributed by atoms with E-state index in [1.54, 1.807) is 4.90 Å². The number of carbonyl (C=O) groups is 2. The van der Waals surface area contributed by atoms with Gasteiger partial charge in [0.05, 0.1) is 6.42 Å². The van der Waals surface area contributed by atoms with Gasteiger partial charge in [-0.25, -0.2) is 4.79 Å². The molecule has 0 aromatic heterocycles. The first-order chi connectivity index (χ1) is 8.20. The van der Waals surface area contributed by atoms with Crippen molar-refractivity contribution < 1.29 is 19.4 Å². The molecule has 1 saturated heterocycles. The van der Waals surface area contributed by atoms with E-state index < -0.39 is 11.6 Å². The lowest BCUT2D eigenvalue weighted by atomic mass is 9.88. The summed E-state index contributed by atoms with van der Waals surface area (Å²) in [5.74, 6) is -0.790. The molecular weight excluding hydrogens is 234 g/mol. The molecule has 0 bridgehead atoms. The Bertz CT molecular complexity index is 321. The largest absolute Gasteiger partial charge is 0.481 e. The maximum atomic E-state index is 12.0. The Morgan fingerprint density at radius 3 is 2.50 bits per heavy atom. The number of carboxylic acid groups (broad SMARTS) is 1. The number of rotatable bonds is 2. The van der Waals surface area contributed by atoms with Crippen molar-refractivity contribution in [2.75, 3.05) is 6.54 Å². The number of nitrogens with zero attached hydrogens (tertiary/aromatic N) is 1. The minimum Gasteiger partial charge on any atom is -0.481 e. The minimum absolute atomic E-state index is 0.0174. The van der Waals surface area contributed by atoms with Crippen LogP contribution in [0, 0.1) is 5.92 Å². The van der Waals surface area contributed by atoms with Crippen molar-refractivity contribution in [2.24, 2.45) is 5.92 Å². The van der Waals surface area contributed by atoms with Crippen LogP contribution in [0.4, 0.5) is 4.79 Å². The van der Waals surface area contributed by atoms with E-state index in [9.17, 15) is 9.59 Å². The summed E-state index contributed by atoms with van der Waals surface area (Å²) in [6, 6.07) is -0.0790. The SMILES string of the molecule is C[C@@H]1[C@H](CC(=O)O)CCCN1C(=O)OC(C)(C)C. The van der Waals surface area contributed by atoms with Crippen molar-refractivity contribution in [3.8, 4) is 0 Å². The quantitative estimate of drug-likeness (QED) is 0.825. The summed E-state index contributed by atoms with van der Waals surface area (Å²) in [6.45, 7) is 8.03. The predicted octanol–water partition coefficient (Wildman–Crippen LogP) is 2.50. The van der Waals surface area contributed by atoms with E-state index in [0.717, 1.165) is 12.8 Å². The third-order valence-electron chi connectivity index (χ3n) is 3.21. The lowest BCUT2D eigenvalue weighted by Crippen LogP contribution is -2.49. The van der Waals surface area contributed by atoms with Crippen LogP contribution >= 0.6 is 0 Å². The molecule has 1 amide bonds. The Kier molecular flexibility index (Phi) is 4.59. The van der Waals surface area contributed by atoms with Crippen molar-refractivity contribution in [1.82, 2.24) is 4.90 Å². The van der Waals surface area contributed by atoms with Crippen molar-refractivity contribution in [3.63, 3.8) is 0 Å². The summed E-state index contributed by atoms with van der Waals surface area (Å²) in [7, 11) is 0. The van der Waals surface area contributed by atoms with Crippen molar-refractivity contribution in [1.29, 1.82) is 0 Å². The Balaban J connectivity index is 2.65. The van der Waals surface area contributed by atoms with Gasteiger partial charge in [0, 0.05) is 12.6 Å². The predicted molar refractivity (Wildman–Crippen MR) is 67.4 cm³/mol. The van der Waals surface area contributed by atoms with Crippen LogP contribution < -0.4 is 0 Å². The van der Waals surface area contributed by atoms with Crippen LogP contribution in [0.25, 0.3) is 0 Å². The highest BCUT2D eigenvalue weighted by atomic mass is 16.6. The van der Waals surface area contributed by atoms with Gasteiger partial charge in [0.15, 0.2) is 0 Å². The van der Waals surface area contributed by atoms with Crippen LogP contribution in [0.5, 0.6) is 0 Å². The van der Waals surface area contributed by atoms with Gasteiger partial charge in [0.1, 0.15) is 5.60 Å². The Morgan fingerprint density at radius 1 is 1.39 bits per heavy atom. The van der Waals surface area contributed by atoms with Crippen LogP contribution in [-0.2, 0) is 9.53 Å². The fourth-order valence-electron chi connectivity index (χ4n) is 2.30. The fraction of sp³-hybridized carbons (Fsp3) is 0.846. The molecule has 0 spiro atoms. The first-order valence-corrected chi connectivity index (χ1v) is 6.42. The second-order valence-electron chi connectivity index (χ2n) is 5.91. The monoisotopic (exact) mass is 257 g/mol. The Labute approximate surface area is 108 Å². The molecule has 0 aliphatic carbocycles. The zero-order chi connectivity index (χ0) is 13.9. The first-order valence-electron chi connectivity index (χ1n) is 6.42. The molecule has 0 unspecified atom stereocenters. The van der Waals surface area contributed by atoms with Crippen LogP contribution in [0.3, 0.4) is 0 Å². The highest BCUT2D eigenvalue weighted by molar-refractivity contribution is 5.70. The van der Waals surface area contributed by atoms with Crippen LogP contribution in [0.1, 0.15) is 47.0 Å². The lowest BCUT2D eigenvalue weighted by molar-refractivity contribution is -0.139. The summed E-state index contributed by atoms with van der Waals surface area (Å²) < 4.78 is 5.34. The van der Waals surface area contributed by atoms with E-state index in [4.69, 9.17) is 9.84 Å². The number of amides is 1. The molecule has 104 valence electrons. The van der Waals surface area contributed by atoms with Gasteiger partial charge in [-0.3, -0.25) is 4.79 Å². The average molecular weight is 257 g/mol. The molecule has 5 nitrogen and oxygen atoms in total. The maximum Gasteiger partial charge on any atom is 0.410 e. The van der Waals surface area contributed by atoms with E-state index >= 15 is 0 Å². The van der Waals surface area contributed by atoms with Gasteiger partial charge < -0.3 is 14.7 Å². The molecule has 1 aliphatic heterocycles. The van der Waals surface area contributed by atoms with Crippen molar-refractivity contribution >= 4 is 12.1 Å². The summed E-state index contributed by atoms with van der Waals surface area (Å²) in [6.07, 6.45) is 1.46. The molecule has 18 heavy (non-hydrogen) atoms. The molecule has 1 rings (SSSR count). The molecule has 0 aromatic carbocycles. The second kappa shape index (κ2) is 5.59. The number of carbonyl (C=O) groups excluding carboxylic acids is 1. The zero-order valence-corrected chi connectivity index (χ0v) is 11.6. The lowest BCUT2D eigenvalue weighted by Gasteiger charge is -2.39. The van der Waals surface area contributed by atoms with Gasteiger partial charge in [-0.2, -0.15) is 0 Å². The molecular formula is C13H23NO4. The van der Waals surface area contributed by atoms with Gasteiger partial charge in [0.2, 0.25) is 0 Å². The summed E-state index contributed by atoms with van der Waals surface area (Å²) >= 11 is 0. The van der Waals surface area contributed by atoms with E-state index in [-0.39, 0.29) is 24.5 Å². The Hall–Kier alpha value is -1.26. The molecule has 5 heteroatoms. The third kappa shape index (κ3) is 4.20. The van der Waals surface area contributed by atoms with E-state index in [2.05, 4.69) is 0 Å². The normalized spacial score (nSPS) is 24.8. The number of hydrogen-bond donors (Lipinski definition) is 1. The zero-order valence-electron chi connectivity index (χ0n) is 11.6. The van der Waals surface area contributed by atoms with Gasteiger partial charge >= 0.3 is 12.1 Å². The number of ether oxygens (including phenoxy) is 1. The number of aliphatic carboxylic acids is 1. The highest BCUT2D eigenvalue weighted by Gasteiger charge is 2.34. The van der Waals surface area contributed by atoms with E-state index in [0.29, 0.717) is 6.54 Å². The topological polar surface area (TPSA) is 66.8 Å². The number of hydrogen-bond acceptors (Lipinski definition) is 3.